The summed E-state index contributed by atoms with van der Waals surface area (Å²) in [7, 11) is 1.58. The number of carboxylic acid groups (broad SMARTS) is 1. The standard InChI is InChI=1S/C14H19BrN2O4/c1-17(14(21)16-8-4-7-13(19)20)9-12(18)10-5-2-3-6-11(10)15/h2-3,5-6,12,18H,4,7-9H2,1H3,(H,16,21)(H,19,20). The highest BCUT2D eigenvalue weighted by Crippen LogP contribution is 2.23. The van der Waals surface area contributed by atoms with Gasteiger partial charge in [-0.3, -0.25) is 4.79 Å². The number of rotatable bonds is 7. The molecule has 1 atom stereocenters. The molecule has 1 rings (SSSR count). The lowest BCUT2D eigenvalue weighted by atomic mass is 10.1. The van der Waals surface area contributed by atoms with Crippen LogP contribution in [0.25, 0.3) is 0 Å². The number of amides is 2. The first-order chi connectivity index (χ1) is 9.91. The average molecular weight is 359 g/mol. The molecule has 2 amide bonds. The number of aliphatic hydroxyl groups is 1. The van der Waals surface area contributed by atoms with Crippen molar-refractivity contribution in [2.24, 2.45) is 0 Å². The maximum atomic E-state index is 11.8. The predicted molar refractivity (Wildman–Crippen MR) is 82.0 cm³/mol. The van der Waals surface area contributed by atoms with Gasteiger partial charge in [-0.05, 0) is 18.1 Å². The fourth-order valence-electron chi connectivity index (χ4n) is 1.76. The molecule has 1 aromatic carbocycles. The number of hydrogen-bond donors (Lipinski definition) is 3. The Morgan fingerprint density at radius 1 is 1.38 bits per heavy atom. The van der Waals surface area contributed by atoms with Crippen LogP contribution >= 0.6 is 15.9 Å². The van der Waals surface area contributed by atoms with Gasteiger partial charge >= 0.3 is 12.0 Å². The van der Waals surface area contributed by atoms with Gasteiger partial charge in [0.05, 0.1) is 12.6 Å². The summed E-state index contributed by atoms with van der Waals surface area (Å²) in [6, 6.07) is 6.93. The summed E-state index contributed by atoms with van der Waals surface area (Å²) in [6.45, 7) is 0.438. The summed E-state index contributed by atoms with van der Waals surface area (Å²) >= 11 is 3.35. The average Bonchev–Trinajstić information content (AvgIpc) is 2.43. The van der Waals surface area contributed by atoms with E-state index in [9.17, 15) is 14.7 Å². The molecule has 3 N–H and O–H groups in total. The van der Waals surface area contributed by atoms with Crippen LogP contribution in [0.4, 0.5) is 4.79 Å². The van der Waals surface area contributed by atoms with E-state index in [-0.39, 0.29) is 19.0 Å². The molecule has 0 bridgehead atoms. The van der Waals surface area contributed by atoms with Crippen molar-refractivity contribution in [1.82, 2.24) is 10.2 Å². The van der Waals surface area contributed by atoms with E-state index in [2.05, 4.69) is 21.2 Å². The molecule has 0 saturated carbocycles. The van der Waals surface area contributed by atoms with Gasteiger partial charge in [-0.2, -0.15) is 0 Å². The molecule has 116 valence electrons. The minimum Gasteiger partial charge on any atom is -0.481 e. The Labute approximate surface area is 131 Å². The smallest absolute Gasteiger partial charge is 0.317 e. The highest BCUT2D eigenvalue weighted by molar-refractivity contribution is 9.10. The zero-order valence-corrected chi connectivity index (χ0v) is 13.3. The quantitative estimate of drug-likeness (QED) is 0.650. The van der Waals surface area contributed by atoms with E-state index in [1.54, 1.807) is 13.1 Å². The molecule has 1 unspecified atom stereocenters. The van der Waals surface area contributed by atoms with Gasteiger partial charge in [0.15, 0.2) is 0 Å². The van der Waals surface area contributed by atoms with Crippen LogP contribution in [0.5, 0.6) is 0 Å². The van der Waals surface area contributed by atoms with Crippen molar-refractivity contribution in [3.05, 3.63) is 34.3 Å². The Kier molecular flexibility index (Phi) is 7.18. The zero-order chi connectivity index (χ0) is 15.8. The van der Waals surface area contributed by atoms with Gasteiger partial charge in [-0.15, -0.1) is 0 Å². The van der Waals surface area contributed by atoms with Crippen LogP contribution in [-0.4, -0.2) is 47.3 Å². The zero-order valence-electron chi connectivity index (χ0n) is 11.8. The number of carbonyl (C=O) groups excluding carboxylic acids is 1. The fourth-order valence-corrected chi connectivity index (χ4v) is 2.30. The number of carbonyl (C=O) groups is 2. The molecule has 7 heteroatoms. The maximum Gasteiger partial charge on any atom is 0.317 e. The second kappa shape index (κ2) is 8.63. The monoisotopic (exact) mass is 358 g/mol. The summed E-state index contributed by atoms with van der Waals surface area (Å²) in [6.07, 6.45) is -0.402. The van der Waals surface area contributed by atoms with Crippen LogP contribution < -0.4 is 5.32 Å². The van der Waals surface area contributed by atoms with Gasteiger partial charge in [0.25, 0.3) is 0 Å². The molecule has 0 aliphatic rings. The van der Waals surface area contributed by atoms with E-state index in [4.69, 9.17) is 5.11 Å². The Morgan fingerprint density at radius 3 is 2.67 bits per heavy atom. The lowest BCUT2D eigenvalue weighted by molar-refractivity contribution is -0.137. The third-order valence-corrected chi connectivity index (χ3v) is 3.62. The summed E-state index contributed by atoms with van der Waals surface area (Å²) < 4.78 is 0.785. The minimum atomic E-state index is -0.887. The molecule has 6 nitrogen and oxygen atoms in total. The van der Waals surface area contributed by atoms with Crippen LogP contribution in [0.1, 0.15) is 24.5 Å². The highest BCUT2D eigenvalue weighted by atomic mass is 79.9. The summed E-state index contributed by atoms with van der Waals surface area (Å²) in [5.41, 5.74) is 0.711. The molecule has 0 saturated heterocycles. The Morgan fingerprint density at radius 2 is 2.05 bits per heavy atom. The van der Waals surface area contributed by atoms with Gasteiger partial charge in [0, 0.05) is 24.5 Å². The fraction of sp³-hybridized carbons (Fsp3) is 0.429. The molecular formula is C14H19BrN2O4. The number of aliphatic hydroxyl groups excluding tert-OH is 1. The number of likely N-dealkylation sites (N-methyl/N-ethyl adjacent to an activating group) is 1. The number of benzene rings is 1. The van der Waals surface area contributed by atoms with Gasteiger partial charge in [-0.1, -0.05) is 34.1 Å². The Hall–Kier alpha value is -1.60. The Balaban J connectivity index is 2.41. The third-order valence-electron chi connectivity index (χ3n) is 2.90. The number of nitrogens with one attached hydrogen (secondary N) is 1. The van der Waals surface area contributed by atoms with Crippen LogP contribution in [0.3, 0.4) is 0 Å². The normalized spacial score (nSPS) is 11.8. The van der Waals surface area contributed by atoms with Crippen LogP contribution in [0.15, 0.2) is 28.7 Å². The van der Waals surface area contributed by atoms with Gasteiger partial charge < -0.3 is 20.4 Å². The van der Waals surface area contributed by atoms with E-state index in [0.29, 0.717) is 18.5 Å². The second-order valence-electron chi connectivity index (χ2n) is 4.65. The molecule has 0 fully saturated rings. The number of nitrogens with zero attached hydrogens (tertiary/aromatic N) is 1. The first-order valence-electron chi connectivity index (χ1n) is 6.55. The maximum absolute atomic E-state index is 11.8. The summed E-state index contributed by atoms with van der Waals surface area (Å²) in [4.78, 5) is 23.5. The molecular weight excluding hydrogens is 340 g/mol. The largest absolute Gasteiger partial charge is 0.481 e. The van der Waals surface area contributed by atoms with Crippen LogP contribution in [0, 0.1) is 0 Å². The van der Waals surface area contributed by atoms with Crippen molar-refractivity contribution in [2.75, 3.05) is 20.1 Å². The predicted octanol–water partition coefficient (Wildman–Crippen LogP) is 1.99. The van der Waals surface area contributed by atoms with Gasteiger partial charge in [-0.25, -0.2) is 4.79 Å². The molecule has 21 heavy (non-hydrogen) atoms. The van der Waals surface area contributed by atoms with Crippen molar-refractivity contribution in [1.29, 1.82) is 0 Å². The highest BCUT2D eigenvalue weighted by Gasteiger charge is 2.16. The van der Waals surface area contributed by atoms with E-state index < -0.39 is 12.1 Å². The van der Waals surface area contributed by atoms with Crippen LogP contribution in [0.2, 0.25) is 0 Å². The van der Waals surface area contributed by atoms with E-state index >= 15 is 0 Å². The molecule has 0 aromatic heterocycles. The van der Waals surface area contributed by atoms with Crippen molar-refractivity contribution in [3.8, 4) is 0 Å². The third kappa shape index (κ3) is 6.14. The van der Waals surface area contributed by atoms with Crippen molar-refractivity contribution >= 4 is 27.9 Å². The minimum absolute atomic E-state index is 0.0174. The van der Waals surface area contributed by atoms with Crippen molar-refractivity contribution < 1.29 is 19.8 Å². The molecule has 0 heterocycles. The van der Waals surface area contributed by atoms with Crippen molar-refractivity contribution in [2.45, 2.75) is 18.9 Å². The van der Waals surface area contributed by atoms with Gasteiger partial charge in [0.2, 0.25) is 0 Å². The summed E-state index contributed by atoms with van der Waals surface area (Å²) in [5, 5.41) is 21.2. The van der Waals surface area contributed by atoms with E-state index in [1.165, 1.54) is 4.90 Å². The number of urea groups is 1. The van der Waals surface area contributed by atoms with Crippen LogP contribution in [-0.2, 0) is 4.79 Å². The molecule has 0 spiro atoms. The lowest BCUT2D eigenvalue weighted by Gasteiger charge is -2.22. The number of hydrogen-bond acceptors (Lipinski definition) is 3. The molecule has 0 aliphatic carbocycles. The molecule has 0 radical (unpaired) electrons. The van der Waals surface area contributed by atoms with Crippen molar-refractivity contribution in [3.63, 3.8) is 0 Å². The lowest BCUT2D eigenvalue weighted by Crippen LogP contribution is -2.40. The SMILES string of the molecule is CN(CC(O)c1ccccc1Br)C(=O)NCCCC(=O)O. The first kappa shape index (κ1) is 17.5. The molecule has 0 aliphatic heterocycles. The summed E-state index contributed by atoms with van der Waals surface area (Å²) in [5.74, 6) is -0.887. The van der Waals surface area contributed by atoms with E-state index in [1.807, 2.05) is 18.2 Å². The second-order valence-corrected chi connectivity index (χ2v) is 5.50. The van der Waals surface area contributed by atoms with Gasteiger partial charge in [0.1, 0.15) is 0 Å². The molecule has 1 aromatic rings. The van der Waals surface area contributed by atoms with E-state index in [0.717, 1.165) is 4.47 Å². The number of carboxylic acids is 1. The first-order valence-corrected chi connectivity index (χ1v) is 7.34. The topological polar surface area (TPSA) is 89.9 Å². The number of aliphatic carboxylic acids is 1. The number of halogens is 1. The Bertz CT molecular complexity index is 496.